The first kappa shape index (κ1) is 19.0. The van der Waals surface area contributed by atoms with Gasteiger partial charge in [-0.15, -0.1) is 11.3 Å². The number of thiazole rings is 1. The number of aromatic nitrogens is 3. The van der Waals surface area contributed by atoms with Crippen LogP contribution in [0, 0.1) is 0 Å². The molecule has 0 spiro atoms. The summed E-state index contributed by atoms with van der Waals surface area (Å²) in [6.45, 7) is 1.12. The van der Waals surface area contributed by atoms with Crippen LogP contribution in [-0.4, -0.2) is 50.1 Å². The summed E-state index contributed by atoms with van der Waals surface area (Å²) in [6.07, 6.45) is 5.14. The topological polar surface area (TPSA) is 88.5 Å². The molecule has 1 saturated heterocycles. The van der Waals surface area contributed by atoms with Crippen LogP contribution in [0.25, 0.3) is 10.7 Å². The van der Waals surface area contributed by atoms with Gasteiger partial charge in [0.15, 0.2) is 0 Å². The molecular formula is C20H19N5O3S. The quantitative estimate of drug-likeness (QED) is 0.644. The summed E-state index contributed by atoms with van der Waals surface area (Å²) in [5.41, 5.74) is 2.21. The minimum atomic E-state index is -0.516. The number of hydrogen-bond donors (Lipinski definition) is 0. The van der Waals surface area contributed by atoms with E-state index in [1.165, 1.54) is 21.4 Å². The first-order chi connectivity index (χ1) is 14.2. The van der Waals surface area contributed by atoms with Gasteiger partial charge in [0.2, 0.25) is 5.91 Å². The van der Waals surface area contributed by atoms with E-state index in [-0.39, 0.29) is 18.9 Å². The third-order valence-electron chi connectivity index (χ3n) is 4.40. The lowest BCUT2D eigenvalue weighted by molar-refractivity contribution is -0.141. The fraction of sp³-hybridized carbons (Fsp3) is 0.250. The van der Waals surface area contributed by atoms with Crippen LogP contribution in [0.5, 0.6) is 0 Å². The molecule has 0 saturated carbocycles. The molecular weight excluding hydrogens is 390 g/mol. The Hall–Kier alpha value is -3.33. The maximum atomic E-state index is 12.8. The van der Waals surface area contributed by atoms with Gasteiger partial charge in [-0.1, -0.05) is 30.3 Å². The average molecular weight is 409 g/mol. The van der Waals surface area contributed by atoms with Gasteiger partial charge in [0.25, 0.3) is 0 Å². The minimum Gasteiger partial charge on any atom is -0.443 e. The van der Waals surface area contributed by atoms with Gasteiger partial charge < -0.3 is 4.74 Å². The van der Waals surface area contributed by atoms with Crippen LogP contribution in [0.4, 0.5) is 4.79 Å². The maximum Gasteiger partial charge on any atom is 0.429 e. The Morgan fingerprint density at radius 1 is 1.10 bits per heavy atom. The molecule has 29 heavy (non-hydrogen) atoms. The van der Waals surface area contributed by atoms with Crippen molar-refractivity contribution in [3.05, 3.63) is 65.6 Å². The van der Waals surface area contributed by atoms with E-state index in [2.05, 4.69) is 15.0 Å². The molecule has 0 unspecified atom stereocenters. The van der Waals surface area contributed by atoms with E-state index < -0.39 is 6.09 Å². The lowest BCUT2D eigenvalue weighted by Crippen LogP contribution is -2.45. The monoisotopic (exact) mass is 409 g/mol. The predicted octanol–water partition coefficient (Wildman–Crippen LogP) is 2.93. The summed E-state index contributed by atoms with van der Waals surface area (Å²) in [4.78, 5) is 37.9. The van der Waals surface area contributed by atoms with E-state index in [1.807, 2.05) is 35.7 Å². The van der Waals surface area contributed by atoms with E-state index in [1.54, 1.807) is 18.6 Å². The van der Waals surface area contributed by atoms with Crippen molar-refractivity contribution in [1.29, 1.82) is 0 Å². The van der Waals surface area contributed by atoms with E-state index in [4.69, 9.17) is 4.74 Å². The van der Waals surface area contributed by atoms with Crippen LogP contribution in [0.15, 0.2) is 54.3 Å². The maximum absolute atomic E-state index is 12.8. The molecule has 1 aliphatic rings. The molecule has 1 fully saturated rings. The molecule has 0 bridgehead atoms. The SMILES string of the molecule is O=C(Cc1csc(-c2cnccn2)n1)N1CCCN1C(=O)OCc1ccccc1. The van der Waals surface area contributed by atoms with Gasteiger partial charge in [-0.05, 0) is 12.0 Å². The minimum absolute atomic E-state index is 0.110. The van der Waals surface area contributed by atoms with Crippen LogP contribution in [0.3, 0.4) is 0 Å². The average Bonchev–Trinajstić information content (AvgIpc) is 3.43. The van der Waals surface area contributed by atoms with Crippen LogP contribution >= 0.6 is 11.3 Å². The van der Waals surface area contributed by atoms with Crippen molar-refractivity contribution >= 4 is 23.3 Å². The first-order valence-corrected chi connectivity index (χ1v) is 10.1. The highest BCUT2D eigenvalue weighted by Gasteiger charge is 2.32. The Balaban J connectivity index is 1.36. The summed E-state index contributed by atoms with van der Waals surface area (Å²) < 4.78 is 5.37. The van der Waals surface area contributed by atoms with Crippen molar-refractivity contribution in [1.82, 2.24) is 25.0 Å². The van der Waals surface area contributed by atoms with Gasteiger partial charge in [0.1, 0.15) is 17.3 Å². The van der Waals surface area contributed by atoms with Crippen LogP contribution in [0.1, 0.15) is 17.7 Å². The second-order valence-electron chi connectivity index (χ2n) is 6.45. The Morgan fingerprint density at radius 2 is 1.93 bits per heavy atom. The second-order valence-corrected chi connectivity index (χ2v) is 7.30. The van der Waals surface area contributed by atoms with Crippen molar-refractivity contribution in [2.24, 2.45) is 0 Å². The van der Waals surface area contributed by atoms with Gasteiger partial charge in [0.05, 0.1) is 18.3 Å². The smallest absolute Gasteiger partial charge is 0.429 e. The van der Waals surface area contributed by atoms with Crippen molar-refractivity contribution in [2.45, 2.75) is 19.4 Å². The molecule has 2 aromatic heterocycles. The molecule has 8 nitrogen and oxygen atoms in total. The van der Waals surface area contributed by atoms with Gasteiger partial charge >= 0.3 is 6.09 Å². The van der Waals surface area contributed by atoms with Crippen molar-refractivity contribution in [3.8, 4) is 10.7 Å². The summed E-state index contributed by atoms with van der Waals surface area (Å²) in [5, 5.41) is 5.37. The van der Waals surface area contributed by atoms with Crippen LogP contribution in [0.2, 0.25) is 0 Å². The number of amides is 2. The Bertz CT molecular complexity index is 980. The highest BCUT2D eigenvalue weighted by atomic mass is 32.1. The Kier molecular flexibility index (Phi) is 5.76. The van der Waals surface area contributed by atoms with Gasteiger partial charge in [-0.2, -0.15) is 0 Å². The largest absolute Gasteiger partial charge is 0.443 e. The molecule has 0 atom stereocenters. The summed E-state index contributed by atoms with van der Waals surface area (Å²) in [5.74, 6) is -0.185. The highest BCUT2D eigenvalue weighted by Crippen LogP contribution is 2.22. The molecule has 0 aliphatic carbocycles. The van der Waals surface area contributed by atoms with Crippen LogP contribution in [-0.2, 0) is 22.6 Å². The zero-order chi connectivity index (χ0) is 20.1. The van der Waals surface area contributed by atoms with Crippen molar-refractivity contribution < 1.29 is 14.3 Å². The standard InChI is InChI=1S/C20H19N5O3S/c26-18(11-16-14-29-19(23-16)17-12-21-7-8-22-17)24-9-4-10-25(24)20(27)28-13-15-5-2-1-3-6-15/h1-3,5-8,12,14H,4,9-11,13H2. The summed E-state index contributed by atoms with van der Waals surface area (Å²) in [6, 6.07) is 9.45. The lowest BCUT2D eigenvalue weighted by atomic mass is 10.2. The third-order valence-corrected chi connectivity index (χ3v) is 5.32. The third kappa shape index (κ3) is 4.57. The first-order valence-electron chi connectivity index (χ1n) is 9.20. The Labute approximate surface area is 171 Å². The predicted molar refractivity (Wildman–Crippen MR) is 107 cm³/mol. The molecule has 9 heteroatoms. The van der Waals surface area contributed by atoms with E-state index >= 15 is 0 Å². The number of nitrogens with zero attached hydrogens (tertiary/aromatic N) is 5. The normalized spacial score (nSPS) is 13.5. The molecule has 0 radical (unpaired) electrons. The molecule has 0 N–H and O–H groups in total. The number of hydrazine groups is 1. The molecule has 3 aromatic rings. The molecule has 1 aliphatic heterocycles. The fourth-order valence-corrected chi connectivity index (χ4v) is 3.80. The zero-order valence-corrected chi connectivity index (χ0v) is 16.4. The Morgan fingerprint density at radius 3 is 2.72 bits per heavy atom. The summed E-state index contributed by atoms with van der Waals surface area (Å²) >= 11 is 1.41. The zero-order valence-electron chi connectivity index (χ0n) is 15.6. The number of rotatable bonds is 5. The molecule has 4 rings (SSSR count). The molecule has 3 heterocycles. The molecule has 1 aromatic carbocycles. The lowest BCUT2D eigenvalue weighted by Gasteiger charge is -2.26. The van der Waals surface area contributed by atoms with Crippen molar-refractivity contribution in [2.75, 3.05) is 13.1 Å². The molecule has 2 amide bonds. The number of carbonyl (C=O) groups is 2. The highest BCUT2D eigenvalue weighted by molar-refractivity contribution is 7.13. The van der Waals surface area contributed by atoms with E-state index in [9.17, 15) is 9.59 Å². The van der Waals surface area contributed by atoms with E-state index in [0.717, 1.165) is 5.56 Å². The van der Waals surface area contributed by atoms with Crippen LogP contribution < -0.4 is 0 Å². The summed E-state index contributed by atoms with van der Waals surface area (Å²) in [7, 11) is 0. The number of benzene rings is 1. The van der Waals surface area contributed by atoms with Crippen molar-refractivity contribution in [3.63, 3.8) is 0 Å². The van der Waals surface area contributed by atoms with Gasteiger partial charge in [-0.3, -0.25) is 14.8 Å². The number of hydrogen-bond acceptors (Lipinski definition) is 7. The second kappa shape index (κ2) is 8.78. The molecule has 148 valence electrons. The van der Waals surface area contributed by atoms with E-state index in [0.29, 0.717) is 35.9 Å². The van der Waals surface area contributed by atoms with Gasteiger partial charge in [-0.25, -0.2) is 19.8 Å². The van der Waals surface area contributed by atoms with Gasteiger partial charge in [0, 0.05) is 30.9 Å². The number of carbonyl (C=O) groups excluding carboxylic acids is 2. The fourth-order valence-electron chi connectivity index (χ4n) is 3.02. The number of ether oxygens (including phenoxy) is 1.